The molecule has 0 fully saturated rings. The summed E-state index contributed by atoms with van der Waals surface area (Å²) in [5.41, 5.74) is 4.47. The van der Waals surface area contributed by atoms with Crippen molar-refractivity contribution < 1.29 is 4.39 Å². The third-order valence-corrected chi connectivity index (χ3v) is 3.46. The summed E-state index contributed by atoms with van der Waals surface area (Å²) in [5, 5.41) is 3.34. The highest BCUT2D eigenvalue weighted by atomic mass is 19.1. The number of hydrogen-bond donors (Lipinski definition) is 1. The first kappa shape index (κ1) is 12.2. The monoisotopic (exact) mass is 257 g/mol. The molecule has 0 radical (unpaired) electrons. The predicted octanol–water partition coefficient (Wildman–Crippen LogP) is 2.16. The maximum absolute atomic E-state index is 12.9. The van der Waals surface area contributed by atoms with Crippen molar-refractivity contribution in [2.45, 2.75) is 26.3 Å². The summed E-state index contributed by atoms with van der Waals surface area (Å²) in [6, 6.07) is 6.53. The number of nitrogens with one attached hydrogen (secondary N) is 1. The minimum atomic E-state index is -0.211. The molecule has 1 N–H and O–H groups in total. The van der Waals surface area contributed by atoms with E-state index in [1.165, 1.54) is 17.7 Å². The first-order valence-electron chi connectivity index (χ1n) is 6.53. The first-order valence-corrected chi connectivity index (χ1v) is 6.53. The molecule has 3 rings (SSSR count). The van der Waals surface area contributed by atoms with Gasteiger partial charge in [0.05, 0.1) is 5.69 Å². The fourth-order valence-corrected chi connectivity index (χ4v) is 2.44. The van der Waals surface area contributed by atoms with E-state index in [0.717, 1.165) is 42.3 Å². The van der Waals surface area contributed by atoms with Crippen LogP contribution < -0.4 is 5.32 Å². The molecule has 1 aliphatic rings. The Morgan fingerprint density at radius 1 is 1.21 bits per heavy atom. The number of fused-ring (bicyclic) bond motifs is 1. The van der Waals surface area contributed by atoms with Gasteiger partial charge in [-0.3, -0.25) is 0 Å². The number of aromatic nitrogens is 2. The van der Waals surface area contributed by atoms with Crippen molar-refractivity contribution in [3.63, 3.8) is 0 Å². The Kier molecular flexibility index (Phi) is 3.25. The van der Waals surface area contributed by atoms with Gasteiger partial charge in [0, 0.05) is 37.2 Å². The van der Waals surface area contributed by atoms with Gasteiger partial charge in [-0.25, -0.2) is 14.4 Å². The van der Waals surface area contributed by atoms with E-state index >= 15 is 0 Å². The number of aryl methyl sites for hydroxylation is 1. The third-order valence-electron chi connectivity index (χ3n) is 3.46. The van der Waals surface area contributed by atoms with Crippen molar-refractivity contribution in [1.82, 2.24) is 15.3 Å². The van der Waals surface area contributed by atoms with E-state index in [1.807, 2.05) is 6.92 Å². The SMILES string of the molecule is Cc1nc(Cc2ccc(F)cc2)nc2c1CNCC2. The van der Waals surface area contributed by atoms with Crippen molar-refractivity contribution in [2.24, 2.45) is 0 Å². The molecule has 0 amide bonds. The molecule has 0 aliphatic carbocycles. The van der Waals surface area contributed by atoms with Crippen LogP contribution in [-0.2, 0) is 19.4 Å². The molecule has 0 spiro atoms. The van der Waals surface area contributed by atoms with Crippen LogP contribution in [0, 0.1) is 12.7 Å². The van der Waals surface area contributed by atoms with Crippen LogP contribution >= 0.6 is 0 Å². The molecule has 1 aromatic heterocycles. The van der Waals surface area contributed by atoms with Crippen LogP contribution in [0.2, 0.25) is 0 Å². The molecule has 0 bridgehead atoms. The van der Waals surface area contributed by atoms with Gasteiger partial charge in [0.15, 0.2) is 0 Å². The Hall–Kier alpha value is -1.81. The third kappa shape index (κ3) is 2.63. The van der Waals surface area contributed by atoms with Crippen molar-refractivity contribution in [3.8, 4) is 0 Å². The zero-order valence-electron chi connectivity index (χ0n) is 10.9. The van der Waals surface area contributed by atoms with E-state index in [0.29, 0.717) is 6.42 Å². The van der Waals surface area contributed by atoms with Crippen molar-refractivity contribution in [3.05, 3.63) is 58.4 Å². The molecule has 3 nitrogen and oxygen atoms in total. The van der Waals surface area contributed by atoms with Gasteiger partial charge in [-0.05, 0) is 24.6 Å². The number of halogens is 1. The Labute approximate surface area is 111 Å². The lowest BCUT2D eigenvalue weighted by atomic mass is 10.0. The van der Waals surface area contributed by atoms with Crippen molar-refractivity contribution in [2.75, 3.05) is 6.54 Å². The molecule has 0 saturated carbocycles. The maximum Gasteiger partial charge on any atom is 0.133 e. The van der Waals surface area contributed by atoms with Crippen LogP contribution in [0.4, 0.5) is 4.39 Å². The van der Waals surface area contributed by atoms with Gasteiger partial charge < -0.3 is 5.32 Å². The second-order valence-corrected chi connectivity index (χ2v) is 4.88. The van der Waals surface area contributed by atoms with Crippen LogP contribution in [-0.4, -0.2) is 16.5 Å². The summed E-state index contributed by atoms with van der Waals surface area (Å²) < 4.78 is 12.9. The van der Waals surface area contributed by atoms with Crippen LogP contribution in [0.5, 0.6) is 0 Å². The largest absolute Gasteiger partial charge is 0.312 e. The smallest absolute Gasteiger partial charge is 0.133 e. The van der Waals surface area contributed by atoms with Gasteiger partial charge in [0.25, 0.3) is 0 Å². The molecule has 0 atom stereocenters. The number of hydrogen-bond acceptors (Lipinski definition) is 3. The van der Waals surface area contributed by atoms with Crippen LogP contribution in [0.25, 0.3) is 0 Å². The summed E-state index contributed by atoms with van der Waals surface area (Å²) in [4.78, 5) is 9.21. The molecule has 1 aromatic carbocycles. The summed E-state index contributed by atoms with van der Waals surface area (Å²) in [6.45, 7) is 3.86. The average Bonchev–Trinajstić information content (AvgIpc) is 2.42. The maximum atomic E-state index is 12.9. The average molecular weight is 257 g/mol. The number of nitrogens with zero attached hydrogens (tertiary/aromatic N) is 2. The number of rotatable bonds is 2. The number of benzene rings is 1. The predicted molar refractivity (Wildman–Crippen MR) is 71.4 cm³/mol. The van der Waals surface area contributed by atoms with Gasteiger partial charge in [0.2, 0.25) is 0 Å². The minimum Gasteiger partial charge on any atom is -0.312 e. The molecule has 2 aromatic rings. The zero-order valence-corrected chi connectivity index (χ0v) is 10.9. The lowest BCUT2D eigenvalue weighted by Gasteiger charge is -2.18. The van der Waals surface area contributed by atoms with E-state index in [2.05, 4.69) is 15.3 Å². The first-order chi connectivity index (χ1) is 9.22. The summed E-state index contributed by atoms with van der Waals surface area (Å²) in [5.74, 6) is 0.613. The van der Waals surface area contributed by atoms with Gasteiger partial charge >= 0.3 is 0 Å². The summed E-state index contributed by atoms with van der Waals surface area (Å²) >= 11 is 0. The highest BCUT2D eigenvalue weighted by Gasteiger charge is 2.15. The van der Waals surface area contributed by atoms with Crippen molar-refractivity contribution in [1.29, 1.82) is 0 Å². The summed E-state index contributed by atoms with van der Waals surface area (Å²) in [7, 11) is 0. The van der Waals surface area contributed by atoms with E-state index in [4.69, 9.17) is 0 Å². The van der Waals surface area contributed by atoms with E-state index in [9.17, 15) is 4.39 Å². The van der Waals surface area contributed by atoms with Crippen LogP contribution in [0.3, 0.4) is 0 Å². The molecule has 1 aliphatic heterocycles. The lowest BCUT2D eigenvalue weighted by molar-refractivity contribution is 0.615. The van der Waals surface area contributed by atoms with E-state index < -0.39 is 0 Å². The molecule has 98 valence electrons. The Bertz CT molecular complexity index is 593. The minimum absolute atomic E-state index is 0.211. The van der Waals surface area contributed by atoms with Gasteiger partial charge in [-0.1, -0.05) is 12.1 Å². The fraction of sp³-hybridized carbons (Fsp3) is 0.333. The second-order valence-electron chi connectivity index (χ2n) is 4.88. The molecular weight excluding hydrogens is 241 g/mol. The van der Waals surface area contributed by atoms with Crippen LogP contribution in [0.15, 0.2) is 24.3 Å². The fourth-order valence-electron chi connectivity index (χ4n) is 2.44. The highest BCUT2D eigenvalue weighted by molar-refractivity contribution is 5.29. The lowest BCUT2D eigenvalue weighted by Crippen LogP contribution is -2.26. The summed E-state index contributed by atoms with van der Waals surface area (Å²) in [6.07, 6.45) is 1.61. The topological polar surface area (TPSA) is 37.8 Å². The van der Waals surface area contributed by atoms with Gasteiger partial charge in [-0.15, -0.1) is 0 Å². The van der Waals surface area contributed by atoms with Gasteiger partial charge in [-0.2, -0.15) is 0 Å². The normalized spacial score (nSPS) is 14.2. The van der Waals surface area contributed by atoms with Gasteiger partial charge in [0.1, 0.15) is 11.6 Å². The molecule has 4 heteroatoms. The zero-order chi connectivity index (χ0) is 13.2. The van der Waals surface area contributed by atoms with E-state index in [-0.39, 0.29) is 5.82 Å². The molecular formula is C15H16FN3. The Morgan fingerprint density at radius 3 is 2.79 bits per heavy atom. The second kappa shape index (κ2) is 5.05. The van der Waals surface area contributed by atoms with Crippen LogP contribution in [0.1, 0.15) is 28.3 Å². The quantitative estimate of drug-likeness (QED) is 0.896. The van der Waals surface area contributed by atoms with E-state index in [1.54, 1.807) is 12.1 Å². The molecule has 0 saturated heterocycles. The standard InChI is InChI=1S/C15H16FN3/c1-10-13-9-17-7-6-14(13)19-15(18-10)8-11-2-4-12(16)5-3-11/h2-5,17H,6-9H2,1H3. The molecule has 2 heterocycles. The Balaban J connectivity index is 1.89. The molecule has 19 heavy (non-hydrogen) atoms. The Morgan fingerprint density at radius 2 is 2.00 bits per heavy atom. The van der Waals surface area contributed by atoms with Crippen molar-refractivity contribution >= 4 is 0 Å². The highest BCUT2D eigenvalue weighted by Crippen LogP contribution is 2.16. The molecule has 0 unspecified atom stereocenters.